The molecule has 0 bridgehead atoms. The summed E-state index contributed by atoms with van der Waals surface area (Å²) in [6.07, 6.45) is 0. The maximum Gasteiger partial charge on any atom is 0.140 e. The van der Waals surface area contributed by atoms with Gasteiger partial charge in [0.05, 0.1) is 11.0 Å². The second-order valence-corrected chi connectivity index (χ2v) is 5.54. The standard InChI is InChI=1S/C15H13BrN2O/c1-9-7-10(3-6-14(9)19)15-17-12-8-11(16)4-5-13(12)18(15)2/h3-8,19H,1-2H3. The predicted octanol–water partition coefficient (Wildman–Crippen LogP) is 4.02. The van der Waals surface area contributed by atoms with E-state index in [4.69, 9.17) is 0 Å². The molecular weight excluding hydrogens is 304 g/mol. The van der Waals surface area contributed by atoms with Gasteiger partial charge in [-0.1, -0.05) is 15.9 Å². The van der Waals surface area contributed by atoms with Gasteiger partial charge >= 0.3 is 0 Å². The van der Waals surface area contributed by atoms with Crippen LogP contribution in [-0.2, 0) is 7.05 Å². The molecule has 1 heterocycles. The Bertz CT molecular complexity index is 777. The number of aryl methyl sites for hydroxylation is 2. The molecule has 0 aliphatic carbocycles. The van der Waals surface area contributed by atoms with E-state index in [0.29, 0.717) is 5.75 Å². The minimum atomic E-state index is 0.310. The molecule has 0 aliphatic heterocycles. The highest BCUT2D eigenvalue weighted by molar-refractivity contribution is 9.10. The first-order chi connectivity index (χ1) is 9.06. The molecule has 4 heteroatoms. The van der Waals surface area contributed by atoms with Crippen molar-refractivity contribution in [3.63, 3.8) is 0 Å². The van der Waals surface area contributed by atoms with Crippen molar-refractivity contribution in [2.45, 2.75) is 6.92 Å². The molecule has 0 spiro atoms. The summed E-state index contributed by atoms with van der Waals surface area (Å²) in [6, 6.07) is 11.6. The lowest BCUT2D eigenvalue weighted by molar-refractivity contribution is 0.471. The molecule has 2 aromatic carbocycles. The first kappa shape index (κ1) is 12.2. The third kappa shape index (κ3) is 2.02. The Labute approximate surface area is 119 Å². The topological polar surface area (TPSA) is 38.0 Å². The van der Waals surface area contributed by atoms with Crippen LogP contribution in [0.15, 0.2) is 40.9 Å². The van der Waals surface area contributed by atoms with Crippen LogP contribution in [-0.4, -0.2) is 14.7 Å². The zero-order chi connectivity index (χ0) is 13.6. The average molecular weight is 317 g/mol. The lowest BCUT2D eigenvalue weighted by Crippen LogP contribution is -1.92. The van der Waals surface area contributed by atoms with Gasteiger partial charge in [0.15, 0.2) is 0 Å². The van der Waals surface area contributed by atoms with E-state index in [0.717, 1.165) is 32.5 Å². The smallest absolute Gasteiger partial charge is 0.140 e. The summed E-state index contributed by atoms with van der Waals surface area (Å²) in [4.78, 5) is 4.67. The number of aromatic nitrogens is 2. The van der Waals surface area contributed by atoms with Crippen molar-refractivity contribution in [2.75, 3.05) is 0 Å². The number of rotatable bonds is 1. The predicted molar refractivity (Wildman–Crippen MR) is 80.3 cm³/mol. The Hall–Kier alpha value is -1.81. The molecule has 0 saturated carbocycles. The molecule has 1 aromatic heterocycles. The van der Waals surface area contributed by atoms with Gasteiger partial charge in [-0.3, -0.25) is 0 Å². The van der Waals surface area contributed by atoms with Crippen LogP contribution < -0.4 is 0 Å². The van der Waals surface area contributed by atoms with E-state index in [1.807, 2.05) is 44.3 Å². The summed E-state index contributed by atoms with van der Waals surface area (Å²) in [5, 5.41) is 9.60. The number of fused-ring (bicyclic) bond motifs is 1. The van der Waals surface area contributed by atoms with E-state index in [1.54, 1.807) is 6.07 Å². The molecule has 19 heavy (non-hydrogen) atoms. The van der Waals surface area contributed by atoms with Gasteiger partial charge in [-0.2, -0.15) is 0 Å². The SMILES string of the molecule is Cc1cc(-c2nc3cc(Br)ccc3n2C)ccc1O. The number of benzene rings is 2. The summed E-state index contributed by atoms with van der Waals surface area (Å²) >= 11 is 3.46. The van der Waals surface area contributed by atoms with Crippen molar-refractivity contribution >= 4 is 27.0 Å². The summed E-state index contributed by atoms with van der Waals surface area (Å²) < 4.78 is 3.08. The average Bonchev–Trinajstić information content (AvgIpc) is 2.70. The van der Waals surface area contributed by atoms with Crippen LogP contribution in [0.3, 0.4) is 0 Å². The molecule has 0 atom stereocenters. The highest BCUT2D eigenvalue weighted by atomic mass is 79.9. The van der Waals surface area contributed by atoms with Gasteiger partial charge in [-0.05, 0) is 48.9 Å². The van der Waals surface area contributed by atoms with Crippen LogP contribution in [0.5, 0.6) is 5.75 Å². The zero-order valence-corrected chi connectivity index (χ0v) is 12.3. The molecule has 0 unspecified atom stereocenters. The maximum atomic E-state index is 9.60. The summed E-state index contributed by atoms with van der Waals surface area (Å²) in [5.41, 5.74) is 3.90. The molecule has 96 valence electrons. The molecule has 0 fully saturated rings. The molecular formula is C15H13BrN2O. The number of aromatic hydroxyl groups is 1. The van der Waals surface area contributed by atoms with E-state index in [-0.39, 0.29) is 0 Å². The molecule has 0 radical (unpaired) electrons. The third-order valence-electron chi connectivity index (χ3n) is 3.30. The van der Waals surface area contributed by atoms with Crippen molar-refractivity contribution in [1.29, 1.82) is 0 Å². The van der Waals surface area contributed by atoms with Gasteiger partial charge in [0.1, 0.15) is 11.6 Å². The fourth-order valence-corrected chi connectivity index (χ4v) is 2.57. The van der Waals surface area contributed by atoms with E-state index in [2.05, 4.69) is 25.5 Å². The van der Waals surface area contributed by atoms with Gasteiger partial charge in [0.25, 0.3) is 0 Å². The third-order valence-corrected chi connectivity index (χ3v) is 3.79. The highest BCUT2D eigenvalue weighted by Gasteiger charge is 2.11. The van der Waals surface area contributed by atoms with Crippen molar-refractivity contribution in [3.8, 4) is 17.1 Å². The lowest BCUT2D eigenvalue weighted by atomic mass is 10.1. The number of phenolic OH excluding ortho intramolecular Hbond substituents is 1. The van der Waals surface area contributed by atoms with Crippen molar-refractivity contribution < 1.29 is 5.11 Å². The number of nitrogens with zero attached hydrogens (tertiary/aromatic N) is 2. The van der Waals surface area contributed by atoms with Crippen LogP contribution in [0, 0.1) is 6.92 Å². The summed E-state index contributed by atoms with van der Waals surface area (Å²) in [6.45, 7) is 1.89. The second-order valence-electron chi connectivity index (χ2n) is 4.63. The summed E-state index contributed by atoms with van der Waals surface area (Å²) in [7, 11) is 2.00. The van der Waals surface area contributed by atoms with Gasteiger partial charge in [-0.15, -0.1) is 0 Å². The molecule has 0 amide bonds. The largest absolute Gasteiger partial charge is 0.508 e. The zero-order valence-electron chi connectivity index (χ0n) is 10.7. The molecule has 3 nitrogen and oxygen atoms in total. The van der Waals surface area contributed by atoms with E-state index < -0.39 is 0 Å². The van der Waals surface area contributed by atoms with Crippen LogP contribution in [0.4, 0.5) is 0 Å². The van der Waals surface area contributed by atoms with Crippen LogP contribution >= 0.6 is 15.9 Å². The number of hydrogen-bond acceptors (Lipinski definition) is 2. The Morgan fingerprint density at radius 1 is 1.16 bits per heavy atom. The molecule has 0 aliphatic rings. The van der Waals surface area contributed by atoms with Gasteiger partial charge in [0, 0.05) is 17.1 Å². The van der Waals surface area contributed by atoms with Crippen LogP contribution in [0.1, 0.15) is 5.56 Å². The number of phenols is 1. The van der Waals surface area contributed by atoms with Crippen molar-refractivity contribution in [3.05, 3.63) is 46.4 Å². The van der Waals surface area contributed by atoms with Crippen LogP contribution in [0.25, 0.3) is 22.4 Å². The molecule has 3 rings (SSSR count). The summed E-state index contributed by atoms with van der Waals surface area (Å²) in [5.74, 6) is 1.21. The van der Waals surface area contributed by atoms with Gasteiger partial charge < -0.3 is 9.67 Å². The van der Waals surface area contributed by atoms with Gasteiger partial charge in [0.2, 0.25) is 0 Å². The van der Waals surface area contributed by atoms with E-state index in [9.17, 15) is 5.11 Å². The minimum Gasteiger partial charge on any atom is -0.508 e. The number of hydrogen-bond donors (Lipinski definition) is 1. The maximum absolute atomic E-state index is 9.60. The Balaban J connectivity index is 2.24. The second kappa shape index (κ2) is 4.38. The van der Waals surface area contributed by atoms with Crippen molar-refractivity contribution in [2.24, 2.45) is 7.05 Å². The Morgan fingerprint density at radius 3 is 2.68 bits per heavy atom. The van der Waals surface area contributed by atoms with E-state index in [1.165, 1.54) is 0 Å². The quantitative estimate of drug-likeness (QED) is 0.736. The molecule has 1 N–H and O–H groups in total. The van der Waals surface area contributed by atoms with Crippen LogP contribution in [0.2, 0.25) is 0 Å². The van der Waals surface area contributed by atoms with E-state index >= 15 is 0 Å². The first-order valence-corrected chi connectivity index (χ1v) is 6.77. The Kier molecular flexibility index (Phi) is 2.82. The number of imidazole rings is 1. The van der Waals surface area contributed by atoms with Crippen molar-refractivity contribution in [1.82, 2.24) is 9.55 Å². The molecule has 0 saturated heterocycles. The Morgan fingerprint density at radius 2 is 1.95 bits per heavy atom. The highest BCUT2D eigenvalue weighted by Crippen LogP contribution is 2.28. The monoisotopic (exact) mass is 316 g/mol. The first-order valence-electron chi connectivity index (χ1n) is 5.98. The fourth-order valence-electron chi connectivity index (χ4n) is 2.23. The lowest BCUT2D eigenvalue weighted by Gasteiger charge is -2.05. The normalized spacial score (nSPS) is 11.1. The minimum absolute atomic E-state index is 0.310. The number of halogens is 1. The van der Waals surface area contributed by atoms with Gasteiger partial charge in [-0.25, -0.2) is 4.98 Å². The fraction of sp³-hybridized carbons (Fsp3) is 0.133. The molecule has 3 aromatic rings.